The van der Waals surface area contributed by atoms with E-state index in [9.17, 15) is 25.2 Å². The van der Waals surface area contributed by atoms with E-state index in [0.717, 1.165) is 12.3 Å². The topological polar surface area (TPSA) is 111 Å². The first-order chi connectivity index (χ1) is 12.3. The van der Waals surface area contributed by atoms with Crippen LogP contribution in [0.15, 0.2) is 58.0 Å². The number of phenolic OH excluding ortho intramolecular Hbond substituents is 4. The van der Waals surface area contributed by atoms with E-state index in [1.54, 1.807) is 13.0 Å². The highest BCUT2D eigenvalue weighted by atomic mass is 16.3. The molecule has 6 nitrogen and oxygen atoms in total. The van der Waals surface area contributed by atoms with E-state index < -0.39 is 11.2 Å². The van der Waals surface area contributed by atoms with Crippen LogP contribution in [0.4, 0.5) is 0 Å². The lowest BCUT2D eigenvalue weighted by atomic mass is 10.0. The van der Waals surface area contributed by atoms with Gasteiger partial charge in [0.25, 0.3) is 0 Å². The smallest absolute Gasteiger partial charge is 0.204 e. The Labute approximate surface area is 148 Å². The minimum Gasteiger partial charge on any atom is -0.508 e. The Morgan fingerprint density at radius 3 is 2.46 bits per heavy atom. The first-order valence-electron chi connectivity index (χ1n) is 7.66. The van der Waals surface area contributed by atoms with Crippen molar-refractivity contribution in [1.82, 2.24) is 0 Å². The van der Waals surface area contributed by atoms with E-state index in [2.05, 4.69) is 6.58 Å². The van der Waals surface area contributed by atoms with Crippen molar-refractivity contribution in [3.63, 3.8) is 0 Å². The van der Waals surface area contributed by atoms with Gasteiger partial charge in [-0.15, -0.1) is 0 Å². The summed E-state index contributed by atoms with van der Waals surface area (Å²) < 4.78 is 5.37. The van der Waals surface area contributed by atoms with Crippen LogP contribution < -0.4 is 5.43 Å². The number of rotatable bonds is 3. The number of benzene rings is 2. The molecule has 4 N–H and O–H groups in total. The van der Waals surface area contributed by atoms with E-state index in [1.165, 1.54) is 24.3 Å². The minimum absolute atomic E-state index is 0.000469. The van der Waals surface area contributed by atoms with Gasteiger partial charge in [0.2, 0.25) is 5.43 Å². The van der Waals surface area contributed by atoms with Crippen LogP contribution in [0, 0.1) is 0 Å². The van der Waals surface area contributed by atoms with Crippen LogP contribution in [-0.2, 0) is 0 Å². The average Bonchev–Trinajstić information content (AvgIpc) is 2.55. The van der Waals surface area contributed by atoms with Gasteiger partial charge in [0, 0.05) is 17.7 Å². The third kappa shape index (κ3) is 2.88. The standard InChI is InChI=1S/C20H16O6/c1-10(2)3-5-13-16(23)8-17-18(19(13)24)20(25)14(9-26-17)12-6-4-11(21)7-15(12)22/h3-9,21-24H,1H2,2H3. The zero-order valence-corrected chi connectivity index (χ0v) is 13.9. The summed E-state index contributed by atoms with van der Waals surface area (Å²) in [6.07, 6.45) is 4.15. The molecular formula is C20H16O6. The van der Waals surface area contributed by atoms with Crippen molar-refractivity contribution in [3.8, 4) is 34.1 Å². The van der Waals surface area contributed by atoms with Crippen molar-refractivity contribution in [2.75, 3.05) is 0 Å². The minimum atomic E-state index is -0.588. The fraction of sp³-hybridized carbons (Fsp3) is 0.0500. The summed E-state index contributed by atoms with van der Waals surface area (Å²) in [5.74, 6) is -1.16. The van der Waals surface area contributed by atoms with Crippen molar-refractivity contribution >= 4 is 17.0 Å². The van der Waals surface area contributed by atoms with E-state index >= 15 is 0 Å². The van der Waals surface area contributed by atoms with Gasteiger partial charge in [-0.05, 0) is 25.1 Å². The van der Waals surface area contributed by atoms with Crippen LogP contribution in [0.3, 0.4) is 0 Å². The quantitative estimate of drug-likeness (QED) is 0.533. The second kappa shape index (κ2) is 6.33. The van der Waals surface area contributed by atoms with Gasteiger partial charge in [-0.25, -0.2) is 0 Å². The number of aromatic hydroxyl groups is 4. The fourth-order valence-corrected chi connectivity index (χ4v) is 2.59. The molecule has 0 saturated heterocycles. The van der Waals surface area contributed by atoms with Gasteiger partial charge in [-0.1, -0.05) is 18.2 Å². The predicted octanol–water partition coefficient (Wildman–Crippen LogP) is 3.87. The van der Waals surface area contributed by atoms with Crippen molar-refractivity contribution in [1.29, 1.82) is 0 Å². The Morgan fingerprint density at radius 1 is 1.08 bits per heavy atom. The normalized spacial score (nSPS) is 11.3. The van der Waals surface area contributed by atoms with E-state index in [1.807, 2.05) is 0 Å². The molecule has 2 aromatic carbocycles. The molecule has 0 spiro atoms. The summed E-state index contributed by atoms with van der Waals surface area (Å²) in [5.41, 5.74) is 0.309. The van der Waals surface area contributed by atoms with E-state index in [0.29, 0.717) is 5.57 Å². The average molecular weight is 352 g/mol. The molecule has 3 aromatic rings. The zero-order valence-electron chi connectivity index (χ0n) is 13.9. The number of hydrogen-bond acceptors (Lipinski definition) is 6. The molecule has 0 unspecified atom stereocenters. The Hall–Kier alpha value is -3.67. The van der Waals surface area contributed by atoms with Gasteiger partial charge >= 0.3 is 0 Å². The molecule has 0 fully saturated rings. The molecule has 0 atom stereocenters. The maximum Gasteiger partial charge on any atom is 0.204 e. The van der Waals surface area contributed by atoms with Crippen LogP contribution in [0.1, 0.15) is 12.5 Å². The molecule has 3 rings (SSSR count). The highest BCUT2D eigenvalue weighted by Crippen LogP contribution is 2.37. The maximum absolute atomic E-state index is 12.9. The lowest BCUT2D eigenvalue weighted by Gasteiger charge is -2.09. The van der Waals surface area contributed by atoms with Crippen molar-refractivity contribution in [2.45, 2.75) is 6.92 Å². The molecule has 26 heavy (non-hydrogen) atoms. The second-order valence-electron chi connectivity index (χ2n) is 5.89. The number of hydrogen-bond donors (Lipinski definition) is 4. The molecule has 6 heteroatoms. The van der Waals surface area contributed by atoms with Gasteiger partial charge in [-0.3, -0.25) is 4.79 Å². The Balaban J connectivity index is 2.32. The first kappa shape index (κ1) is 17.2. The largest absolute Gasteiger partial charge is 0.508 e. The number of allylic oxidation sites excluding steroid dienone is 2. The lowest BCUT2D eigenvalue weighted by Crippen LogP contribution is -2.05. The summed E-state index contributed by atoms with van der Waals surface area (Å²) in [6.45, 7) is 5.44. The Morgan fingerprint density at radius 2 is 1.81 bits per heavy atom. The summed E-state index contributed by atoms with van der Waals surface area (Å²) in [6, 6.07) is 5.00. The first-order valence-corrected chi connectivity index (χ1v) is 7.66. The van der Waals surface area contributed by atoms with Crippen molar-refractivity contribution in [3.05, 3.63) is 64.5 Å². The molecule has 0 aliphatic heterocycles. The third-order valence-corrected chi connectivity index (χ3v) is 3.86. The molecule has 0 amide bonds. The molecular weight excluding hydrogens is 336 g/mol. The van der Waals surface area contributed by atoms with Gasteiger partial charge in [0.1, 0.15) is 40.2 Å². The molecule has 1 aromatic heterocycles. The monoisotopic (exact) mass is 352 g/mol. The van der Waals surface area contributed by atoms with Gasteiger partial charge in [0.15, 0.2) is 0 Å². The zero-order chi connectivity index (χ0) is 19.0. The fourth-order valence-electron chi connectivity index (χ4n) is 2.59. The number of fused-ring (bicyclic) bond motifs is 1. The maximum atomic E-state index is 12.9. The number of phenols is 4. The Bertz CT molecular complexity index is 1120. The van der Waals surface area contributed by atoms with Crippen LogP contribution >= 0.6 is 0 Å². The highest BCUT2D eigenvalue weighted by Gasteiger charge is 2.19. The summed E-state index contributed by atoms with van der Waals surface area (Å²) in [7, 11) is 0. The van der Waals surface area contributed by atoms with Crippen molar-refractivity contribution < 1.29 is 24.8 Å². The van der Waals surface area contributed by atoms with Gasteiger partial charge in [0.05, 0.1) is 11.1 Å². The van der Waals surface area contributed by atoms with Gasteiger partial charge in [-0.2, -0.15) is 0 Å². The van der Waals surface area contributed by atoms with Crippen LogP contribution in [0.25, 0.3) is 28.2 Å². The summed E-state index contributed by atoms with van der Waals surface area (Å²) >= 11 is 0. The summed E-state index contributed by atoms with van der Waals surface area (Å²) in [4.78, 5) is 12.9. The lowest BCUT2D eigenvalue weighted by molar-refractivity contribution is 0.448. The predicted molar refractivity (Wildman–Crippen MR) is 98.4 cm³/mol. The SMILES string of the molecule is C=C(C)C=Cc1c(O)cc2occ(-c3ccc(O)cc3O)c(=O)c2c1O. The van der Waals surface area contributed by atoms with E-state index in [-0.39, 0.29) is 44.9 Å². The second-order valence-corrected chi connectivity index (χ2v) is 5.89. The molecule has 1 heterocycles. The van der Waals surface area contributed by atoms with E-state index in [4.69, 9.17) is 4.42 Å². The summed E-state index contributed by atoms with van der Waals surface area (Å²) in [5, 5.41) is 39.8. The third-order valence-electron chi connectivity index (χ3n) is 3.86. The Kier molecular flexibility index (Phi) is 4.18. The van der Waals surface area contributed by atoms with Crippen LogP contribution in [0.5, 0.6) is 23.0 Å². The molecule has 0 aliphatic carbocycles. The molecule has 0 saturated carbocycles. The molecule has 132 valence electrons. The van der Waals surface area contributed by atoms with Gasteiger partial charge < -0.3 is 24.8 Å². The molecule has 0 radical (unpaired) electrons. The van der Waals surface area contributed by atoms with Crippen molar-refractivity contribution in [2.24, 2.45) is 0 Å². The molecule has 0 aliphatic rings. The highest BCUT2D eigenvalue weighted by molar-refractivity contribution is 5.93. The van der Waals surface area contributed by atoms with Crippen LogP contribution in [-0.4, -0.2) is 20.4 Å². The van der Waals surface area contributed by atoms with Crippen LogP contribution in [0.2, 0.25) is 0 Å². The molecule has 0 bridgehead atoms.